The minimum Gasteiger partial charge on any atom is -0.465 e. The van der Waals surface area contributed by atoms with Crippen molar-refractivity contribution in [2.45, 2.75) is 26.2 Å². The van der Waals surface area contributed by atoms with Crippen LogP contribution in [0.4, 0.5) is 0 Å². The van der Waals surface area contributed by atoms with Gasteiger partial charge in [0.2, 0.25) is 0 Å². The second-order valence-corrected chi connectivity index (χ2v) is 7.06. The summed E-state index contributed by atoms with van der Waals surface area (Å²) in [5, 5.41) is 2.06. The number of carbonyl (C=O) groups is 1. The van der Waals surface area contributed by atoms with Crippen LogP contribution in [0.15, 0.2) is 35.8 Å². The van der Waals surface area contributed by atoms with Crippen LogP contribution in [0.25, 0.3) is 16.2 Å². The lowest BCUT2D eigenvalue weighted by Gasteiger charge is -2.13. The van der Waals surface area contributed by atoms with Crippen molar-refractivity contribution in [3.8, 4) is 11.3 Å². The van der Waals surface area contributed by atoms with Crippen molar-refractivity contribution in [2.75, 3.05) is 7.11 Å². The van der Waals surface area contributed by atoms with Gasteiger partial charge in [0, 0.05) is 22.6 Å². The number of thiazole rings is 1. The van der Waals surface area contributed by atoms with Crippen molar-refractivity contribution in [2.24, 2.45) is 0 Å². The number of carbonyl (C=O) groups excluding carboxylic acids is 1. The molecule has 0 amide bonds. The van der Waals surface area contributed by atoms with Crippen molar-refractivity contribution < 1.29 is 9.53 Å². The predicted octanol–water partition coefficient (Wildman–Crippen LogP) is 4.57. The third kappa shape index (κ3) is 3.26. The Hall–Kier alpha value is -1.85. The van der Waals surface area contributed by atoms with Gasteiger partial charge in [0.05, 0.1) is 24.1 Å². The molecule has 0 radical (unpaired) electrons. The van der Waals surface area contributed by atoms with E-state index in [9.17, 15) is 4.79 Å². The number of benzene rings is 1. The molecule has 0 saturated carbocycles. The van der Waals surface area contributed by atoms with E-state index in [0.717, 1.165) is 21.9 Å². The largest absolute Gasteiger partial charge is 0.465 e. The number of ether oxygens (including phenoxy) is 1. The van der Waals surface area contributed by atoms with Crippen molar-refractivity contribution in [1.29, 1.82) is 0 Å². The maximum Gasteiger partial charge on any atom is 0.337 e. The molecule has 3 rings (SSSR count). The van der Waals surface area contributed by atoms with Gasteiger partial charge in [-0.05, 0) is 12.1 Å². The minimum atomic E-state index is -0.325. The van der Waals surface area contributed by atoms with Crippen molar-refractivity contribution in [3.63, 3.8) is 0 Å². The average Bonchev–Trinajstić information content (AvgIpc) is 3.06. The number of aromatic nitrogens is 2. The average molecular weight is 351 g/mol. The number of hydrogen-bond donors (Lipinski definition) is 0. The Balaban J connectivity index is 0.00000192. The molecule has 2 aromatic heterocycles. The van der Waals surface area contributed by atoms with E-state index in [2.05, 4.69) is 36.7 Å². The highest BCUT2D eigenvalue weighted by atomic mass is 35.5. The summed E-state index contributed by atoms with van der Waals surface area (Å²) in [5.41, 5.74) is 3.64. The molecule has 3 aromatic rings. The van der Waals surface area contributed by atoms with Crippen LogP contribution in [0, 0.1) is 0 Å². The van der Waals surface area contributed by atoms with E-state index in [1.165, 1.54) is 7.11 Å². The standard InChI is InChI=1S/C17H18N2O2S.ClH/c1-17(2,3)14-9-19-13(10-22-16(19)18-14)11-6-5-7-12(8-11)15(20)21-4;/h5-10H,1-4H3;1H. The third-order valence-electron chi connectivity index (χ3n) is 3.56. The maximum absolute atomic E-state index is 11.7. The monoisotopic (exact) mass is 350 g/mol. The number of nitrogens with zero attached hydrogens (tertiary/aromatic N) is 2. The number of rotatable bonds is 2. The Morgan fingerprint density at radius 2 is 2.04 bits per heavy atom. The van der Waals surface area contributed by atoms with Gasteiger partial charge < -0.3 is 4.74 Å². The molecule has 0 aliphatic rings. The summed E-state index contributed by atoms with van der Waals surface area (Å²) in [6.45, 7) is 6.45. The lowest BCUT2D eigenvalue weighted by Crippen LogP contribution is -2.11. The van der Waals surface area contributed by atoms with Gasteiger partial charge in [-0.25, -0.2) is 9.78 Å². The summed E-state index contributed by atoms with van der Waals surface area (Å²) in [4.78, 5) is 17.4. The van der Waals surface area contributed by atoms with E-state index in [1.54, 1.807) is 17.4 Å². The predicted molar refractivity (Wildman–Crippen MR) is 95.8 cm³/mol. The van der Waals surface area contributed by atoms with Crippen LogP contribution in [0.2, 0.25) is 0 Å². The topological polar surface area (TPSA) is 43.6 Å². The van der Waals surface area contributed by atoms with Crippen molar-refractivity contribution in [1.82, 2.24) is 9.38 Å². The summed E-state index contributed by atoms with van der Waals surface area (Å²) < 4.78 is 6.87. The van der Waals surface area contributed by atoms with E-state index in [-0.39, 0.29) is 23.8 Å². The fourth-order valence-electron chi connectivity index (χ4n) is 2.28. The lowest BCUT2D eigenvalue weighted by molar-refractivity contribution is 0.0601. The highest BCUT2D eigenvalue weighted by Gasteiger charge is 2.20. The van der Waals surface area contributed by atoms with Crippen LogP contribution in [0.1, 0.15) is 36.8 Å². The summed E-state index contributed by atoms with van der Waals surface area (Å²) in [6, 6.07) is 7.47. The molecule has 2 heterocycles. The second kappa shape index (κ2) is 6.34. The second-order valence-electron chi connectivity index (χ2n) is 6.22. The number of hydrogen-bond acceptors (Lipinski definition) is 4. The van der Waals surface area contributed by atoms with E-state index in [4.69, 9.17) is 9.72 Å². The lowest BCUT2D eigenvalue weighted by atomic mass is 9.93. The molecule has 23 heavy (non-hydrogen) atoms. The minimum absolute atomic E-state index is 0. The summed E-state index contributed by atoms with van der Waals surface area (Å²) in [6.07, 6.45) is 2.08. The van der Waals surface area contributed by atoms with Gasteiger partial charge in [0.15, 0.2) is 4.96 Å². The molecule has 0 saturated heterocycles. The van der Waals surface area contributed by atoms with E-state index < -0.39 is 0 Å². The van der Waals surface area contributed by atoms with Crippen LogP contribution in [0.5, 0.6) is 0 Å². The first kappa shape index (κ1) is 17.5. The molecule has 0 N–H and O–H groups in total. The molecule has 122 valence electrons. The molecule has 0 bridgehead atoms. The van der Waals surface area contributed by atoms with Gasteiger partial charge >= 0.3 is 5.97 Å². The Morgan fingerprint density at radius 3 is 2.70 bits per heavy atom. The first-order valence-electron chi connectivity index (χ1n) is 7.06. The first-order chi connectivity index (χ1) is 10.4. The molecule has 0 atom stereocenters. The van der Waals surface area contributed by atoms with Gasteiger partial charge in [-0.15, -0.1) is 23.7 Å². The molecule has 1 aromatic carbocycles. The Kier molecular flexibility index (Phi) is 4.82. The zero-order chi connectivity index (χ0) is 15.9. The van der Waals surface area contributed by atoms with Crippen LogP contribution in [0.3, 0.4) is 0 Å². The molecule has 0 spiro atoms. The summed E-state index contributed by atoms with van der Waals surface area (Å²) in [5.74, 6) is -0.325. The Morgan fingerprint density at radius 1 is 1.30 bits per heavy atom. The van der Waals surface area contributed by atoms with E-state index in [0.29, 0.717) is 5.56 Å². The number of imidazole rings is 1. The molecule has 6 heteroatoms. The van der Waals surface area contributed by atoms with Gasteiger partial charge in [-0.1, -0.05) is 32.9 Å². The summed E-state index contributed by atoms with van der Waals surface area (Å²) >= 11 is 1.60. The quantitative estimate of drug-likeness (QED) is 0.636. The Labute approximate surface area is 145 Å². The highest BCUT2D eigenvalue weighted by Crippen LogP contribution is 2.30. The number of methoxy groups -OCH3 is 1. The van der Waals surface area contributed by atoms with E-state index >= 15 is 0 Å². The summed E-state index contributed by atoms with van der Waals surface area (Å²) in [7, 11) is 1.39. The molecule has 0 fully saturated rings. The van der Waals surface area contributed by atoms with Gasteiger partial charge in [0.25, 0.3) is 0 Å². The van der Waals surface area contributed by atoms with Crippen LogP contribution in [-0.2, 0) is 10.2 Å². The fraction of sp³-hybridized carbons (Fsp3) is 0.294. The van der Waals surface area contributed by atoms with Crippen molar-refractivity contribution in [3.05, 3.63) is 47.1 Å². The maximum atomic E-state index is 11.7. The van der Waals surface area contributed by atoms with Gasteiger partial charge in [-0.3, -0.25) is 4.40 Å². The zero-order valence-electron chi connectivity index (χ0n) is 13.5. The van der Waals surface area contributed by atoms with E-state index in [1.807, 2.05) is 18.2 Å². The SMILES string of the molecule is COC(=O)c1cccc(-c2csc3nc(C(C)(C)C)cn23)c1.Cl. The van der Waals surface area contributed by atoms with Crippen LogP contribution in [-0.4, -0.2) is 22.5 Å². The molecular formula is C17H19ClN2O2S. The number of halogens is 1. The molecule has 0 aliphatic carbocycles. The zero-order valence-corrected chi connectivity index (χ0v) is 15.1. The number of esters is 1. The van der Waals surface area contributed by atoms with Crippen molar-refractivity contribution >= 4 is 34.7 Å². The smallest absolute Gasteiger partial charge is 0.337 e. The highest BCUT2D eigenvalue weighted by molar-refractivity contribution is 7.15. The third-order valence-corrected chi connectivity index (χ3v) is 4.40. The molecular weight excluding hydrogens is 332 g/mol. The number of fused-ring (bicyclic) bond motifs is 1. The fourth-order valence-corrected chi connectivity index (χ4v) is 3.16. The van der Waals surface area contributed by atoms with Gasteiger partial charge in [-0.2, -0.15) is 0 Å². The first-order valence-corrected chi connectivity index (χ1v) is 7.94. The van der Waals surface area contributed by atoms with Gasteiger partial charge in [0.1, 0.15) is 0 Å². The normalized spacial score (nSPS) is 11.3. The van der Waals surface area contributed by atoms with Crippen LogP contribution >= 0.6 is 23.7 Å². The molecule has 4 nitrogen and oxygen atoms in total. The molecule has 0 unspecified atom stereocenters. The molecule has 0 aliphatic heterocycles. The Bertz CT molecular complexity index is 846. The van der Waals surface area contributed by atoms with Crippen LogP contribution < -0.4 is 0 Å².